The number of alkyl halides is 2. The van der Waals surface area contributed by atoms with Gasteiger partial charge in [-0.25, -0.2) is 9.37 Å². The van der Waals surface area contributed by atoms with Crippen LogP contribution in [0.15, 0.2) is 24.3 Å². The van der Waals surface area contributed by atoms with E-state index < -0.39 is 30.0 Å². The van der Waals surface area contributed by atoms with E-state index in [4.69, 9.17) is 14.8 Å². The molecule has 0 aliphatic carbocycles. The molecule has 2 aliphatic rings. The molecule has 2 N–H and O–H groups in total. The summed E-state index contributed by atoms with van der Waals surface area (Å²) in [5, 5.41) is 21.4. The van der Waals surface area contributed by atoms with Crippen LogP contribution in [0.3, 0.4) is 0 Å². The van der Waals surface area contributed by atoms with E-state index in [1.165, 1.54) is 12.1 Å². The normalized spacial score (nSPS) is 20.9. The minimum absolute atomic E-state index is 0.0381. The van der Waals surface area contributed by atoms with Crippen LogP contribution in [0.5, 0.6) is 0 Å². The van der Waals surface area contributed by atoms with Gasteiger partial charge in [-0.3, -0.25) is 0 Å². The number of benzene rings is 1. The predicted molar refractivity (Wildman–Crippen MR) is 126 cm³/mol. The van der Waals surface area contributed by atoms with E-state index in [-0.39, 0.29) is 17.8 Å². The van der Waals surface area contributed by atoms with Crippen LogP contribution < -0.4 is 10.2 Å². The van der Waals surface area contributed by atoms with E-state index in [2.05, 4.69) is 20.4 Å². The Morgan fingerprint density at radius 1 is 1.17 bits per heavy atom. The molecule has 0 spiro atoms. The molecule has 2 unspecified atom stereocenters. The van der Waals surface area contributed by atoms with Crippen LogP contribution in [0.1, 0.15) is 48.3 Å². The summed E-state index contributed by atoms with van der Waals surface area (Å²) in [7, 11) is 0. The van der Waals surface area contributed by atoms with E-state index in [1.54, 1.807) is 6.92 Å². The molecule has 3 atom stereocenters. The van der Waals surface area contributed by atoms with Crippen molar-refractivity contribution in [2.75, 3.05) is 29.9 Å². The van der Waals surface area contributed by atoms with Gasteiger partial charge >= 0.3 is 0 Å². The lowest BCUT2D eigenvalue weighted by Gasteiger charge is -2.34. The van der Waals surface area contributed by atoms with Crippen molar-refractivity contribution in [2.45, 2.75) is 57.8 Å². The summed E-state index contributed by atoms with van der Waals surface area (Å²) in [4.78, 5) is 7.10. The highest BCUT2D eigenvalue weighted by molar-refractivity contribution is 5.93. The number of morpholine rings is 1. The molecule has 0 saturated carbocycles. The first-order valence-corrected chi connectivity index (χ1v) is 11.8. The van der Waals surface area contributed by atoms with Gasteiger partial charge in [-0.2, -0.15) is 13.9 Å². The lowest BCUT2D eigenvalue weighted by molar-refractivity contribution is -0.0583. The highest BCUT2D eigenvalue weighted by atomic mass is 19.3. The topological polar surface area (TPSA) is 83.4 Å². The Morgan fingerprint density at radius 3 is 2.57 bits per heavy atom. The van der Waals surface area contributed by atoms with Crippen molar-refractivity contribution < 1.29 is 23.0 Å². The Morgan fingerprint density at radius 2 is 1.89 bits per heavy atom. The fourth-order valence-electron chi connectivity index (χ4n) is 5.05. The Labute approximate surface area is 201 Å². The maximum Gasteiger partial charge on any atom is 0.298 e. The summed E-state index contributed by atoms with van der Waals surface area (Å²) in [6.07, 6.45) is 2.53. The van der Waals surface area contributed by atoms with Gasteiger partial charge in [0.25, 0.3) is 5.92 Å². The summed E-state index contributed by atoms with van der Waals surface area (Å²) in [5.74, 6) is -4.35. The van der Waals surface area contributed by atoms with Crippen LogP contribution in [0.4, 0.5) is 24.7 Å². The molecule has 5 rings (SSSR count). The molecule has 0 amide bonds. The van der Waals surface area contributed by atoms with Crippen molar-refractivity contribution in [3.05, 3.63) is 52.6 Å². The molecule has 0 radical (unpaired) electrons. The van der Waals surface area contributed by atoms with Crippen molar-refractivity contribution >= 4 is 22.4 Å². The van der Waals surface area contributed by atoms with E-state index in [0.717, 1.165) is 48.8 Å². The highest BCUT2D eigenvalue weighted by Gasteiger charge is 2.36. The van der Waals surface area contributed by atoms with Gasteiger partial charge in [-0.1, -0.05) is 12.1 Å². The number of nitrogens with zero attached hydrogens (tertiary/aromatic N) is 4. The number of anilines is 2. The highest BCUT2D eigenvalue weighted by Crippen LogP contribution is 2.36. The summed E-state index contributed by atoms with van der Waals surface area (Å²) >= 11 is 0. The molecular weight excluding hydrogens is 459 g/mol. The average molecular weight is 488 g/mol. The number of aliphatic hydroxyl groups excluding tert-OH is 1. The lowest BCUT2D eigenvalue weighted by Crippen LogP contribution is -2.43. The van der Waals surface area contributed by atoms with Crippen LogP contribution in [0, 0.1) is 19.7 Å². The molecular formula is C25H28F3N5O2. The fourth-order valence-corrected chi connectivity index (χ4v) is 5.05. The first-order chi connectivity index (χ1) is 16.7. The third-order valence-corrected chi connectivity index (χ3v) is 6.91. The number of halogens is 3. The summed E-state index contributed by atoms with van der Waals surface area (Å²) in [6, 6.07) is 5.09. The van der Waals surface area contributed by atoms with Gasteiger partial charge in [-0.05, 0) is 45.7 Å². The third-order valence-electron chi connectivity index (χ3n) is 6.91. The van der Waals surface area contributed by atoms with Crippen LogP contribution in [0.2, 0.25) is 0 Å². The smallest absolute Gasteiger partial charge is 0.298 e. The first kappa shape index (κ1) is 23.7. The number of aryl methyl sites for hydroxylation is 2. The Bertz CT molecular complexity index is 1260. The van der Waals surface area contributed by atoms with Crippen molar-refractivity contribution in [1.82, 2.24) is 15.2 Å². The monoisotopic (exact) mass is 487 g/mol. The summed E-state index contributed by atoms with van der Waals surface area (Å²) in [6.45, 7) is 5.55. The Hall–Kier alpha value is -2.98. The number of fused-ring (bicyclic) bond motifs is 3. The van der Waals surface area contributed by atoms with Crippen LogP contribution in [-0.4, -0.2) is 52.2 Å². The molecule has 2 bridgehead atoms. The van der Waals surface area contributed by atoms with Gasteiger partial charge in [-0.15, -0.1) is 5.10 Å². The zero-order chi connectivity index (χ0) is 24.9. The second-order valence-corrected chi connectivity index (χ2v) is 9.42. The van der Waals surface area contributed by atoms with Crippen LogP contribution in [0.25, 0.3) is 10.9 Å². The molecule has 3 aromatic rings. The maximum absolute atomic E-state index is 15.0. The largest absolute Gasteiger partial charge is 0.390 e. The molecule has 10 heteroatoms. The number of aromatic nitrogens is 3. The molecule has 186 valence electrons. The van der Waals surface area contributed by atoms with E-state index >= 15 is 4.39 Å². The molecule has 35 heavy (non-hydrogen) atoms. The second kappa shape index (κ2) is 8.91. The molecule has 2 aromatic heterocycles. The minimum atomic E-state index is -3.68. The van der Waals surface area contributed by atoms with Crippen molar-refractivity contribution in [1.29, 1.82) is 0 Å². The minimum Gasteiger partial charge on any atom is -0.390 e. The number of pyridine rings is 1. The molecule has 2 fully saturated rings. The average Bonchev–Trinajstić information content (AvgIpc) is 3.18. The SMILES string of the molecule is Cc1nc2c(C)nnc(N[C@H](C)c3cccc(C(F)(F)CO)c3F)c2cc1N1CC2CCC(C1)O2. The van der Waals surface area contributed by atoms with Gasteiger partial charge in [0.1, 0.15) is 12.4 Å². The maximum atomic E-state index is 15.0. The standard InChI is InChI=1S/C25H28F3N5O2/c1-13(18-5-4-6-20(22(18)26)25(27,28)12-34)30-24-19-9-21(14(2)29-23(19)15(3)31-32-24)33-10-16-7-8-17(11-33)35-16/h4-6,9,13,16-17,34H,7-8,10-12H2,1-3H3,(H,30,32)/t13-,16?,17?/m1/s1. The molecule has 2 aliphatic heterocycles. The van der Waals surface area contributed by atoms with Crippen molar-refractivity contribution in [3.8, 4) is 0 Å². The zero-order valence-electron chi connectivity index (χ0n) is 19.9. The number of aliphatic hydroxyl groups is 1. The fraction of sp³-hybridized carbons (Fsp3) is 0.480. The number of hydrogen-bond acceptors (Lipinski definition) is 7. The molecule has 1 aromatic carbocycles. The third kappa shape index (κ3) is 4.29. The zero-order valence-corrected chi connectivity index (χ0v) is 19.9. The number of hydrogen-bond donors (Lipinski definition) is 2. The van der Waals surface area contributed by atoms with Crippen LogP contribution >= 0.6 is 0 Å². The first-order valence-electron chi connectivity index (χ1n) is 11.8. The molecule has 2 saturated heterocycles. The second-order valence-electron chi connectivity index (χ2n) is 9.42. The summed E-state index contributed by atoms with van der Waals surface area (Å²) < 4.78 is 49.1. The van der Waals surface area contributed by atoms with Gasteiger partial charge < -0.3 is 20.1 Å². The van der Waals surface area contributed by atoms with Gasteiger partial charge in [0.2, 0.25) is 0 Å². The van der Waals surface area contributed by atoms with Crippen molar-refractivity contribution in [3.63, 3.8) is 0 Å². The molecule has 7 nitrogen and oxygen atoms in total. The van der Waals surface area contributed by atoms with E-state index in [9.17, 15) is 8.78 Å². The number of nitrogens with one attached hydrogen (secondary N) is 1. The van der Waals surface area contributed by atoms with Gasteiger partial charge in [0, 0.05) is 24.0 Å². The van der Waals surface area contributed by atoms with Gasteiger partial charge in [0.15, 0.2) is 5.82 Å². The Balaban J connectivity index is 1.51. The molecule has 4 heterocycles. The quantitative estimate of drug-likeness (QED) is 0.533. The number of rotatable bonds is 6. The van der Waals surface area contributed by atoms with Crippen molar-refractivity contribution in [2.24, 2.45) is 0 Å². The lowest BCUT2D eigenvalue weighted by atomic mass is 10.00. The predicted octanol–water partition coefficient (Wildman–Crippen LogP) is 4.41. The van der Waals surface area contributed by atoms with Gasteiger partial charge in [0.05, 0.1) is 46.4 Å². The van der Waals surface area contributed by atoms with Crippen LogP contribution in [-0.2, 0) is 10.7 Å². The Kier molecular flexibility index (Phi) is 6.04. The number of ether oxygens (including phenoxy) is 1. The van der Waals surface area contributed by atoms with E-state index in [0.29, 0.717) is 17.0 Å². The van der Waals surface area contributed by atoms with E-state index in [1.807, 2.05) is 19.9 Å². The summed E-state index contributed by atoms with van der Waals surface area (Å²) in [5.41, 5.74) is 2.39.